The Kier molecular flexibility index (Phi) is 9.59. The highest BCUT2D eigenvalue weighted by molar-refractivity contribution is 7.99. The van der Waals surface area contributed by atoms with Crippen LogP contribution in [0, 0.1) is 6.92 Å². The molecule has 0 fully saturated rings. The van der Waals surface area contributed by atoms with Crippen LogP contribution < -0.4 is 10.1 Å². The lowest BCUT2D eigenvalue weighted by Gasteiger charge is -2.22. The Bertz CT molecular complexity index is 1800. The van der Waals surface area contributed by atoms with Gasteiger partial charge in [0.2, 0.25) is 0 Å². The van der Waals surface area contributed by atoms with Crippen LogP contribution in [0.4, 0.5) is 0 Å². The molecule has 0 saturated heterocycles. The number of benzene rings is 3. The van der Waals surface area contributed by atoms with Crippen molar-refractivity contribution >= 4 is 29.3 Å². The van der Waals surface area contributed by atoms with E-state index in [1.54, 1.807) is 24.3 Å². The molecular weight excluding hydrogens is 600 g/mol. The van der Waals surface area contributed by atoms with Crippen LogP contribution in [-0.2, 0) is 24.3 Å². The molecule has 234 valence electrons. The summed E-state index contributed by atoms with van der Waals surface area (Å²) in [6, 6.07) is 29.1. The summed E-state index contributed by atoms with van der Waals surface area (Å²) >= 11 is 1.31. The van der Waals surface area contributed by atoms with Crippen molar-refractivity contribution in [3.8, 4) is 5.75 Å². The summed E-state index contributed by atoms with van der Waals surface area (Å²) in [6.07, 6.45) is 2.78. The van der Waals surface area contributed by atoms with Gasteiger partial charge in [0.05, 0.1) is 37.4 Å². The first-order valence-corrected chi connectivity index (χ1v) is 16.0. The highest BCUT2D eigenvalue weighted by Gasteiger charge is 2.33. The average Bonchev–Trinajstić information content (AvgIpc) is 3.87. The van der Waals surface area contributed by atoms with E-state index < -0.39 is 0 Å². The third-order valence-corrected chi connectivity index (χ3v) is 8.74. The van der Waals surface area contributed by atoms with Gasteiger partial charge in [0.25, 0.3) is 11.8 Å². The van der Waals surface area contributed by atoms with Crippen LogP contribution in [0.1, 0.15) is 51.1 Å². The normalized spacial score (nSPS) is 14.3. The summed E-state index contributed by atoms with van der Waals surface area (Å²) in [5, 5.41) is 18.7. The predicted molar refractivity (Wildman–Crippen MR) is 176 cm³/mol. The SMILES string of the molecule is COc1ccc(C2=NN(C(=O)CSc3nnc(CNC(=O)c4ccco4)n3CCc3ccccc3)C(c3ccc(C)cc3)C2)cc1. The van der Waals surface area contributed by atoms with Gasteiger partial charge in [0.1, 0.15) is 5.75 Å². The molecule has 10 nitrogen and oxygen atoms in total. The Hall–Kier alpha value is -5.16. The first-order valence-electron chi connectivity index (χ1n) is 15.0. The number of aromatic nitrogens is 3. The van der Waals surface area contributed by atoms with E-state index in [-0.39, 0.29) is 35.9 Å². The highest BCUT2D eigenvalue weighted by atomic mass is 32.2. The standard InChI is InChI=1S/C35H34N6O4S/c1-24-10-12-27(13-11-24)30-21-29(26-14-16-28(44-2)17-15-26)39-41(30)33(42)23-46-35-38-37-32(22-36-34(43)31-9-6-20-45-31)40(35)19-18-25-7-4-3-5-8-25/h3-17,20,30H,18-19,21-23H2,1-2H3,(H,36,43). The number of rotatable bonds is 12. The highest BCUT2D eigenvalue weighted by Crippen LogP contribution is 2.34. The zero-order chi connectivity index (χ0) is 31.9. The number of furan rings is 1. The quantitative estimate of drug-likeness (QED) is 0.172. The number of methoxy groups -OCH3 is 1. The molecule has 0 saturated carbocycles. The molecule has 1 atom stereocenters. The molecule has 46 heavy (non-hydrogen) atoms. The van der Waals surface area contributed by atoms with Gasteiger partial charge in [-0.15, -0.1) is 10.2 Å². The molecule has 2 aromatic heterocycles. The van der Waals surface area contributed by atoms with E-state index in [1.165, 1.54) is 18.0 Å². The summed E-state index contributed by atoms with van der Waals surface area (Å²) in [5.74, 6) is 1.21. The number of hydrazone groups is 1. The number of amides is 2. The maximum atomic E-state index is 13.8. The van der Waals surface area contributed by atoms with Gasteiger partial charge in [0, 0.05) is 13.0 Å². The third kappa shape index (κ3) is 7.21. The number of hydrogen-bond acceptors (Lipinski definition) is 8. The molecule has 0 spiro atoms. The lowest BCUT2D eigenvalue weighted by molar-refractivity contribution is -0.130. The molecule has 1 aliphatic rings. The van der Waals surface area contributed by atoms with Crippen molar-refractivity contribution in [2.45, 2.75) is 44.1 Å². The second kappa shape index (κ2) is 14.3. The molecule has 3 heterocycles. The topological polar surface area (TPSA) is 115 Å². The predicted octanol–water partition coefficient (Wildman–Crippen LogP) is 5.83. The van der Waals surface area contributed by atoms with E-state index >= 15 is 0 Å². The Morgan fingerprint density at radius 1 is 0.978 bits per heavy atom. The van der Waals surface area contributed by atoms with Gasteiger partial charge in [0.15, 0.2) is 16.7 Å². The van der Waals surface area contributed by atoms with Gasteiger partial charge in [-0.1, -0.05) is 71.9 Å². The van der Waals surface area contributed by atoms with Crippen LogP contribution in [0.3, 0.4) is 0 Å². The van der Waals surface area contributed by atoms with Gasteiger partial charge >= 0.3 is 0 Å². The van der Waals surface area contributed by atoms with Crippen molar-refractivity contribution in [3.63, 3.8) is 0 Å². The van der Waals surface area contributed by atoms with E-state index in [0.717, 1.165) is 40.1 Å². The van der Waals surface area contributed by atoms with Gasteiger partial charge in [-0.05, 0) is 66.4 Å². The number of thioether (sulfide) groups is 1. The van der Waals surface area contributed by atoms with Crippen molar-refractivity contribution < 1.29 is 18.7 Å². The van der Waals surface area contributed by atoms with Crippen molar-refractivity contribution in [1.29, 1.82) is 0 Å². The van der Waals surface area contributed by atoms with Gasteiger partial charge < -0.3 is 19.0 Å². The maximum Gasteiger partial charge on any atom is 0.287 e. The number of nitrogens with zero attached hydrogens (tertiary/aromatic N) is 5. The van der Waals surface area contributed by atoms with Crippen LogP contribution in [0.2, 0.25) is 0 Å². The monoisotopic (exact) mass is 634 g/mol. The number of ether oxygens (including phenoxy) is 1. The second-order valence-corrected chi connectivity index (χ2v) is 11.8. The number of nitrogens with one attached hydrogen (secondary N) is 1. The fourth-order valence-electron chi connectivity index (χ4n) is 5.26. The molecule has 6 rings (SSSR count). The van der Waals surface area contributed by atoms with Crippen molar-refractivity contribution in [2.75, 3.05) is 12.9 Å². The van der Waals surface area contributed by atoms with Crippen molar-refractivity contribution in [2.24, 2.45) is 5.10 Å². The Morgan fingerprint density at radius 2 is 1.76 bits per heavy atom. The molecular formula is C35H34N6O4S. The molecule has 3 aromatic carbocycles. The van der Waals surface area contributed by atoms with Gasteiger partial charge in [-0.25, -0.2) is 5.01 Å². The zero-order valence-electron chi connectivity index (χ0n) is 25.6. The Morgan fingerprint density at radius 3 is 2.48 bits per heavy atom. The van der Waals surface area contributed by atoms with Crippen LogP contribution in [0.15, 0.2) is 112 Å². The first kappa shape index (κ1) is 30.8. The summed E-state index contributed by atoms with van der Waals surface area (Å²) in [5.41, 5.74) is 5.12. The zero-order valence-corrected chi connectivity index (χ0v) is 26.4. The Labute approximate surface area is 271 Å². The minimum absolute atomic E-state index is 0.115. The average molecular weight is 635 g/mol. The second-order valence-electron chi connectivity index (χ2n) is 10.9. The Balaban J connectivity index is 1.21. The van der Waals surface area contributed by atoms with Crippen LogP contribution >= 0.6 is 11.8 Å². The summed E-state index contributed by atoms with van der Waals surface area (Å²) in [4.78, 5) is 26.4. The van der Waals surface area contributed by atoms with E-state index in [4.69, 9.17) is 14.3 Å². The molecule has 0 bridgehead atoms. The molecule has 1 unspecified atom stereocenters. The molecule has 0 radical (unpaired) electrons. The third-order valence-electron chi connectivity index (χ3n) is 7.79. The maximum absolute atomic E-state index is 13.8. The first-order chi connectivity index (χ1) is 22.5. The van der Waals surface area contributed by atoms with Crippen molar-refractivity contribution in [3.05, 3.63) is 131 Å². The lowest BCUT2D eigenvalue weighted by Crippen LogP contribution is -2.28. The van der Waals surface area contributed by atoms with E-state index in [2.05, 4.69) is 51.9 Å². The van der Waals surface area contributed by atoms with Crippen LogP contribution in [0.25, 0.3) is 0 Å². The molecule has 11 heteroatoms. The minimum Gasteiger partial charge on any atom is -0.497 e. The van der Waals surface area contributed by atoms with Crippen molar-refractivity contribution in [1.82, 2.24) is 25.1 Å². The fraction of sp³-hybridized carbons (Fsp3) is 0.229. The lowest BCUT2D eigenvalue weighted by atomic mass is 9.97. The van der Waals surface area contributed by atoms with E-state index in [1.807, 2.05) is 54.0 Å². The van der Waals surface area contributed by atoms with Crippen LogP contribution in [0.5, 0.6) is 5.75 Å². The van der Waals surface area contributed by atoms with Gasteiger partial charge in [-0.3, -0.25) is 9.59 Å². The fourth-order valence-corrected chi connectivity index (χ4v) is 6.10. The molecule has 1 aliphatic heterocycles. The molecule has 1 N–H and O–H groups in total. The van der Waals surface area contributed by atoms with E-state index in [0.29, 0.717) is 23.9 Å². The molecule has 0 aliphatic carbocycles. The largest absolute Gasteiger partial charge is 0.497 e. The number of carbonyl (C=O) groups excluding carboxylic acids is 2. The minimum atomic E-state index is -0.339. The van der Waals surface area contributed by atoms with Crippen LogP contribution in [-0.4, -0.2) is 50.2 Å². The van der Waals surface area contributed by atoms with Gasteiger partial charge in [-0.2, -0.15) is 5.10 Å². The summed E-state index contributed by atoms with van der Waals surface area (Å²) in [6.45, 7) is 2.78. The molecule has 5 aromatic rings. The number of carbonyl (C=O) groups is 2. The number of aryl methyl sites for hydroxylation is 2. The number of hydrogen-bond donors (Lipinski definition) is 1. The smallest absolute Gasteiger partial charge is 0.287 e. The molecule has 2 amide bonds. The van der Waals surface area contributed by atoms with E-state index in [9.17, 15) is 9.59 Å². The summed E-state index contributed by atoms with van der Waals surface area (Å²) < 4.78 is 12.5. The summed E-state index contributed by atoms with van der Waals surface area (Å²) in [7, 11) is 1.63.